The molecule has 0 N–H and O–H groups in total. The standard InChI is InChI=1S/C10H11BrO4S/c1-15-10(12)9(11)7-3-5-8(6-4-7)16(2,13)14/h3-6,9H,1-2H3. The zero-order chi connectivity index (χ0) is 12.3. The highest BCUT2D eigenvalue weighted by molar-refractivity contribution is 9.09. The average molecular weight is 307 g/mol. The van der Waals surface area contributed by atoms with E-state index >= 15 is 0 Å². The molecule has 1 unspecified atom stereocenters. The molecule has 0 aromatic heterocycles. The number of esters is 1. The second-order valence-electron chi connectivity index (χ2n) is 3.23. The van der Waals surface area contributed by atoms with Crippen LogP contribution in [-0.2, 0) is 19.4 Å². The largest absolute Gasteiger partial charge is 0.468 e. The molecular formula is C10H11BrO4S. The first-order valence-electron chi connectivity index (χ1n) is 4.38. The van der Waals surface area contributed by atoms with E-state index in [1.165, 1.54) is 19.2 Å². The number of halogens is 1. The Morgan fingerprint density at radius 2 is 1.81 bits per heavy atom. The molecule has 1 aromatic carbocycles. The zero-order valence-corrected chi connectivity index (χ0v) is 11.2. The van der Waals surface area contributed by atoms with Crippen molar-refractivity contribution in [2.24, 2.45) is 0 Å². The Morgan fingerprint density at radius 3 is 2.19 bits per heavy atom. The predicted octanol–water partition coefficient (Wildman–Crippen LogP) is 1.70. The molecule has 0 heterocycles. The Bertz CT molecular complexity index is 478. The summed E-state index contributed by atoms with van der Waals surface area (Å²) in [5.41, 5.74) is 0.652. The fraction of sp³-hybridized carbons (Fsp3) is 0.300. The van der Waals surface area contributed by atoms with Gasteiger partial charge < -0.3 is 4.74 Å². The number of alkyl halides is 1. The Labute approximate surface area is 103 Å². The predicted molar refractivity (Wildman–Crippen MR) is 63.2 cm³/mol. The highest BCUT2D eigenvalue weighted by Gasteiger charge is 2.18. The molecule has 0 radical (unpaired) electrons. The number of sulfone groups is 1. The van der Waals surface area contributed by atoms with E-state index in [1.807, 2.05) is 0 Å². The summed E-state index contributed by atoms with van der Waals surface area (Å²) in [6.45, 7) is 0. The number of ether oxygens (including phenoxy) is 1. The molecule has 0 saturated heterocycles. The van der Waals surface area contributed by atoms with Gasteiger partial charge in [0.05, 0.1) is 12.0 Å². The third-order valence-electron chi connectivity index (χ3n) is 2.01. The van der Waals surface area contributed by atoms with Crippen molar-refractivity contribution in [1.29, 1.82) is 0 Å². The number of methoxy groups -OCH3 is 1. The number of carbonyl (C=O) groups is 1. The van der Waals surface area contributed by atoms with Gasteiger partial charge in [0, 0.05) is 6.26 Å². The van der Waals surface area contributed by atoms with Gasteiger partial charge in [0.2, 0.25) is 0 Å². The van der Waals surface area contributed by atoms with Gasteiger partial charge in [0.15, 0.2) is 9.84 Å². The van der Waals surface area contributed by atoms with E-state index in [0.717, 1.165) is 6.26 Å². The first kappa shape index (κ1) is 13.2. The van der Waals surface area contributed by atoms with Crippen LogP contribution < -0.4 is 0 Å². The Balaban J connectivity index is 3.00. The molecule has 0 spiro atoms. The van der Waals surface area contributed by atoms with Crippen LogP contribution in [0.4, 0.5) is 0 Å². The second-order valence-corrected chi connectivity index (χ2v) is 6.16. The van der Waals surface area contributed by atoms with E-state index in [9.17, 15) is 13.2 Å². The van der Waals surface area contributed by atoms with Crippen LogP contribution in [0.2, 0.25) is 0 Å². The van der Waals surface area contributed by atoms with Gasteiger partial charge >= 0.3 is 5.97 Å². The molecule has 1 atom stereocenters. The number of hydrogen-bond donors (Lipinski definition) is 0. The number of rotatable bonds is 3. The summed E-state index contributed by atoms with van der Waals surface area (Å²) < 4.78 is 27.0. The van der Waals surface area contributed by atoms with Crippen LogP contribution in [0.25, 0.3) is 0 Å². The Kier molecular flexibility index (Phi) is 4.09. The molecule has 0 amide bonds. The van der Waals surface area contributed by atoms with Crippen LogP contribution in [0, 0.1) is 0 Å². The molecule has 4 nitrogen and oxygen atoms in total. The Hall–Kier alpha value is -0.880. The lowest BCUT2D eigenvalue weighted by atomic mass is 10.1. The van der Waals surface area contributed by atoms with E-state index in [4.69, 9.17) is 0 Å². The summed E-state index contributed by atoms with van der Waals surface area (Å²) >= 11 is 3.16. The molecule has 0 aliphatic rings. The van der Waals surface area contributed by atoms with E-state index in [0.29, 0.717) is 5.56 Å². The summed E-state index contributed by atoms with van der Waals surface area (Å²) in [7, 11) is -1.91. The first-order valence-corrected chi connectivity index (χ1v) is 7.19. The topological polar surface area (TPSA) is 60.4 Å². The van der Waals surface area contributed by atoms with Gasteiger partial charge in [-0.05, 0) is 17.7 Å². The van der Waals surface area contributed by atoms with Crippen molar-refractivity contribution in [1.82, 2.24) is 0 Å². The lowest BCUT2D eigenvalue weighted by Gasteiger charge is -2.08. The Morgan fingerprint density at radius 1 is 1.31 bits per heavy atom. The normalized spacial score (nSPS) is 13.2. The highest BCUT2D eigenvalue weighted by atomic mass is 79.9. The van der Waals surface area contributed by atoms with E-state index in [-0.39, 0.29) is 4.90 Å². The third kappa shape index (κ3) is 3.05. The third-order valence-corrected chi connectivity index (χ3v) is 4.04. The van der Waals surface area contributed by atoms with Gasteiger partial charge in [-0.15, -0.1) is 0 Å². The minimum Gasteiger partial charge on any atom is -0.468 e. The van der Waals surface area contributed by atoms with Crippen LogP contribution in [0.3, 0.4) is 0 Å². The van der Waals surface area contributed by atoms with E-state index < -0.39 is 20.6 Å². The molecule has 6 heteroatoms. The molecule has 0 aliphatic carbocycles. The van der Waals surface area contributed by atoms with Crippen molar-refractivity contribution in [3.05, 3.63) is 29.8 Å². The van der Waals surface area contributed by atoms with Gasteiger partial charge in [-0.2, -0.15) is 0 Å². The quantitative estimate of drug-likeness (QED) is 0.630. The fourth-order valence-corrected chi connectivity index (χ4v) is 2.25. The van der Waals surface area contributed by atoms with Gasteiger partial charge in [0.1, 0.15) is 4.83 Å². The average Bonchev–Trinajstić information content (AvgIpc) is 2.26. The molecule has 0 fully saturated rings. The summed E-state index contributed by atoms with van der Waals surface area (Å²) in [4.78, 5) is 10.9. The molecular weight excluding hydrogens is 296 g/mol. The maximum atomic E-state index is 11.2. The molecule has 0 aliphatic heterocycles. The van der Waals surface area contributed by atoms with Crippen molar-refractivity contribution in [2.45, 2.75) is 9.72 Å². The maximum absolute atomic E-state index is 11.2. The summed E-state index contributed by atoms with van der Waals surface area (Å²) in [6, 6.07) is 6.07. The van der Waals surface area contributed by atoms with Gasteiger partial charge in [-0.3, -0.25) is 4.79 Å². The molecule has 0 saturated carbocycles. The van der Waals surface area contributed by atoms with Crippen molar-refractivity contribution >= 4 is 31.7 Å². The van der Waals surface area contributed by atoms with Crippen LogP contribution in [-0.4, -0.2) is 27.8 Å². The molecule has 1 rings (SSSR count). The van der Waals surface area contributed by atoms with Crippen molar-refractivity contribution < 1.29 is 17.9 Å². The second kappa shape index (κ2) is 4.97. The zero-order valence-electron chi connectivity index (χ0n) is 8.81. The van der Waals surface area contributed by atoms with Crippen LogP contribution in [0.5, 0.6) is 0 Å². The summed E-state index contributed by atoms with van der Waals surface area (Å²) in [5, 5.41) is 0. The molecule has 1 aromatic rings. The summed E-state index contributed by atoms with van der Waals surface area (Å²) in [5.74, 6) is -0.424. The van der Waals surface area contributed by atoms with E-state index in [1.54, 1.807) is 12.1 Å². The SMILES string of the molecule is COC(=O)C(Br)c1ccc(S(C)(=O)=O)cc1. The fourth-order valence-electron chi connectivity index (χ4n) is 1.12. The first-order chi connectivity index (χ1) is 7.36. The van der Waals surface area contributed by atoms with Crippen LogP contribution in [0.1, 0.15) is 10.4 Å². The summed E-state index contributed by atoms with van der Waals surface area (Å²) in [6.07, 6.45) is 1.13. The lowest BCUT2D eigenvalue weighted by Crippen LogP contribution is -2.08. The number of hydrogen-bond acceptors (Lipinski definition) is 4. The van der Waals surface area contributed by atoms with Gasteiger partial charge in [-0.25, -0.2) is 8.42 Å². The number of benzene rings is 1. The van der Waals surface area contributed by atoms with Crippen molar-refractivity contribution in [3.63, 3.8) is 0 Å². The van der Waals surface area contributed by atoms with Gasteiger partial charge in [-0.1, -0.05) is 28.1 Å². The smallest absolute Gasteiger partial charge is 0.323 e. The maximum Gasteiger partial charge on any atom is 0.323 e. The minimum absolute atomic E-state index is 0.223. The molecule has 0 bridgehead atoms. The minimum atomic E-state index is -3.20. The highest BCUT2D eigenvalue weighted by Crippen LogP contribution is 2.25. The van der Waals surface area contributed by atoms with Crippen molar-refractivity contribution in [2.75, 3.05) is 13.4 Å². The monoisotopic (exact) mass is 306 g/mol. The van der Waals surface area contributed by atoms with Crippen LogP contribution >= 0.6 is 15.9 Å². The number of carbonyl (C=O) groups excluding carboxylic acids is 1. The molecule has 88 valence electrons. The van der Waals surface area contributed by atoms with Crippen molar-refractivity contribution in [3.8, 4) is 0 Å². The lowest BCUT2D eigenvalue weighted by molar-refractivity contribution is -0.139. The van der Waals surface area contributed by atoms with Crippen LogP contribution in [0.15, 0.2) is 29.2 Å². The van der Waals surface area contributed by atoms with Gasteiger partial charge in [0.25, 0.3) is 0 Å². The molecule has 16 heavy (non-hydrogen) atoms. The van der Waals surface area contributed by atoms with E-state index in [2.05, 4.69) is 20.7 Å².